The number of anilines is 2. The number of morpholine rings is 1. The number of halogens is 1. The zero-order valence-corrected chi connectivity index (χ0v) is 23.2. The summed E-state index contributed by atoms with van der Waals surface area (Å²) in [7, 11) is -3.92. The minimum Gasteiger partial charge on any atom is -0.378 e. The first kappa shape index (κ1) is 27.4. The summed E-state index contributed by atoms with van der Waals surface area (Å²) < 4.78 is 49.4. The third kappa shape index (κ3) is 6.73. The Hall–Kier alpha value is -3.12. The minimum absolute atomic E-state index is 0.0506. The van der Waals surface area contributed by atoms with Crippen molar-refractivity contribution in [2.45, 2.75) is 31.3 Å². The maximum Gasteiger partial charge on any atom is 0.263 e. The highest BCUT2D eigenvalue weighted by molar-refractivity contribution is 7.92. The lowest BCUT2D eigenvalue weighted by atomic mass is 10.1. The molecule has 4 heterocycles. The van der Waals surface area contributed by atoms with Crippen molar-refractivity contribution in [3.05, 3.63) is 66.4 Å². The minimum atomic E-state index is -3.92. The van der Waals surface area contributed by atoms with E-state index >= 15 is 4.39 Å². The van der Waals surface area contributed by atoms with Crippen LogP contribution in [-0.2, 0) is 21.3 Å². The van der Waals surface area contributed by atoms with Crippen LogP contribution in [0.4, 0.5) is 15.8 Å². The number of nitrogens with one attached hydrogen (secondary N) is 1. The number of sulfonamides is 1. The van der Waals surface area contributed by atoms with Gasteiger partial charge in [0.25, 0.3) is 10.0 Å². The van der Waals surface area contributed by atoms with Crippen molar-refractivity contribution in [3.8, 4) is 11.3 Å². The van der Waals surface area contributed by atoms with Gasteiger partial charge in [0.05, 0.1) is 36.5 Å². The number of ether oxygens (including phenoxy) is 1. The molecule has 3 aromatic rings. The van der Waals surface area contributed by atoms with Crippen LogP contribution in [0.25, 0.3) is 11.3 Å². The SMILES string of the molecule is CC(C)N1CCN(Cc2ccc(-c3cc(NS(=O)(=O)c4cncc(N5CCOCC5)c4)ccn3)c(F)c2)CC1. The second kappa shape index (κ2) is 12.0. The Morgan fingerprint density at radius 1 is 1.00 bits per heavy atom. The summed E-state index contributed by atoms with van der Waals surface area (Å²) in [4.78, 5) is 15.3. The fourth-order valence-electron chi connectivity index (χ4n) is 4.96. The van der Waals surface area contributed by atoms with Crippen LogP contribution in [0, 0.1) is 5.82 Å². The summed E-state index contributed by atoms with van der Waals surface area (Å²) in [5, 5.41) is 0. The average molecular weight is 555 g/mol. The Kier molecular flexibility index (Phi) is 8.41. The number of benzene rings is 1. The molecule has 9 nitrogen and oxygen atoms in total. The van der Waals surface area contributed by atoms with Gasteiger partial charge in [-0.05, 0) is 49.7 Å². The standard InChI is InChI=1S/C28H35FN6O3S/c1-21(2)34-9-7-33(8-10-34)20-22-3-4-26(27(29)15-22)28-16-23(5-6-31-28)32-39(36,37)25-17-24(18-30-19-25)35-11-13-38-14-12-35/h3-6,15-19,21H,7-14,20H2,1-2H3,(H,31,32). The number of hydrogen-bond donors (Lipinski definition) is 1. The zero-order chi connectivity index (χ0) is 27.4. The number of rotatable bonds is 8. The van der Waals surface area contributed by atoms with Gasteiger partial charge in [0.1, 0.15) is 10.7 Å². The van der Waals surface area contributed by atoms with Gasteiger partial charge in [-0.3, -0.25) is 24.5 Å². The van der Waals surface area contributed by atoms with Crippen molar-refractivity contribution >= 4 is 21.4 Å². The average Bonchev–Trinajstić information content (AvgIpc) is 2.94. The highest BCUT2D eigenvalue weighted by Gasteiger charge is 2.21. The molecule has 2 fully saturated rings. The van der Waals surface area contributed by atoms with Gasteiger partial charge in [-0.2, -0.15) is 0 Å². The fraction of sp³-hybridized carbons (Fsp3) is 0.429. The van der Waals surface area contributed by atoms with Crippen molar-refractivity contribution in [1.82, 2.24) is 19.8 Å². The lowest BCUT2D eigenvalue weighted by molar-refractivity contribution is 0.104. The van der Waals surface area contributed by atoms with E-state index in [2.05, 4.69) is 38.3 Å². The summed E-state index contributed by atoms with van der Waals surface area (Å²) in [6, 6.07) is 10.4. The Bertz CT molecular complexity index is 1390. The van der Waals surface area contributed by atoms with Gasteiger partial charge < -0.3 is 9.64 Å². The molecule has 5 rings (SSSR count). The zero-order valence-electron chi connectivity index (χ0n) is 22.4. The Morgan fingerprint density at radius 3 is 2.49 bits per heavy atom. The summed E-state index contributed by atoms with van der Waals surface area (Å²) in [6.45, 7) is 11.6. The number of pyridine rings is 2. The van der Waals surface area contributed by atoms with Crippen LogP contribution in [-0.4, -0.2) is 86.7 Å². The van der Waals surface area contributed by atoms with Crippen LogP contribution in [0.15, 0.2) is 59.9 Å². The van der Waals surface area contributed by atoms with Crippen molar-refractivity contribution in [2.75, 3.05) is 62.1 Å². The molecule has 2 aliphatic heterocycles. The van der Waals surface area contributed by atoms with E-state index in [1.165, 1.54) is 12.4 Å². The third-order valence-electron chi connectivity index (χ3n) is 7.25. The molecule has 0 spiro atoms. The van der Waals surface area contributed by atoms with E-state index in [4.69, 9.17) is 4.74 Å². The van der Waals surface area contributed by atoms with Gasteiger partial charge in [0.2, 0.25) is 0 Å². The highest BCUT2D eigenvalue weighted by Crippen LogP contribution is 2.27. The van der Waals surface area contributed by atoms with Crippen LogP contribution in [0.5, 0.6) is 0 Å². The first-order valence-electron chi connectivity index (χ1n) is 13.3. The Balaban J connectivity index is 1.27. The number of hydrogen-bond acceptors (Lipinski definition) is 8. The lowest BCUT2D eigenvalue weighted by Crippen LogP contribution is -2.48. The van der Waals surface area contributed by atoms with Crippen LogP contribution in [0.2, 0.25) is 0 Å². The molecule has 0 radical (unpaired) electrons. The fourth-order valence-corrected chi connectivity index (χ4v) is 6.00. The summed E-state index contributed by atoms with van der Waals surface area (Å²) in [5.41, 5.74) is 2.59. The number of nitrogens with zero attached hydrogens (tertiary/aromatic N) is 5. The molecular weight excluding hydrogens is 519 g/mol. The molecule has 2 saturated heterocycles. The molecule has 208 valence electrons. The molecule has 1 N–H and O–H groups in total. The topological polar surface area (TPSA) is 90.9 Å². The maximum absolute atomic E-state index is 15.2. The van der Waals surface area contributed by atoms with Crippen LogP contribution >= 0.6 is 0 Å². The Labute approximate surface area is 229 Å². The molecule has 0 saturated carbocycles. The normalized spacial score (nSPS) is 17.5. The van der Waals surface area contributed by atoms with E-state index in [9.17, 15) is 8.42 Å². The predicted octanol–water partition coefficient (Wildman–Crippen LogP) is 3.45. The molecule has 0 bridgehead atoms. The molecule has 0 amide bonds. The van der Waals surface area contributed by atoms with E-state index < -0.39 is 10.0 Å². The molecule has 1 aromatic carbocycles. The van der Waals surface area contributed by atoms with Crippen LogP contribution < -0.4 is 9.62 Å². The molecular formula is C28H35FN6O3S. The summed E-state index contributed by atoms with van der Waals surface area (Å²) >= 11 is 0. The second-order valence-corrected chi connectivity index (χ2v) is 11.9. The quantitative estimate of drug-likeness (QED) is 0.453. The smallest absolute Gasteiger partial charge is 0.263 e. The van der Waals surface area contributed by atoms with Gasteiger partial charge in [-0.1, -0.05) is 6.07 Å². The van der Waals surface area contributed by atoms with Gasteiger partial charge in [-0.15, -0.1) is 0 Å². The van der Waals surface area contributed by atoms with Gasteiger partial charge in [0, 0.05) is 69.8 Å². The first-order chi connectivity index (χ1) is 18.8. The van der Waals surface area contributed by atoms with E-state index in [-0.39, 0.29) is 10.7 Å². The van der Waals surface area contributed by atoms with Crippen molar-refractivity contribution in [1.29, 1.82) is 0 Å². The monoisotopic (exact) mass is 554 g/mol. The molecule has 0 aliphatic carbocycles. The van der Waals surface area contributed by atoms with Crippen LogP contribution in [0.1, 0.15) is 19.4 Å². The van der Waals surface area contributed by atoms with Crippen molar-refractivity contribution in [2.24, 2.45) is 0 Å². The molecule has 11 heteroatoms. The van der Waals surface area contributed by atoms with Crippen LogP contribution in [0.3, 0.4) is 0 Å². The largest absolute Gasteiger partial charge is 0.378 e. The third-order valence-corrected chi connectivity index (χ3v) is 8.60. The Morgan fingerprint density at radius 2 is 1.77 bits per heavy atom. The molecule has 39 heavy (non-hydrogen) atoms. The van der Waals surface area contributed by atoms with Crippen molar-refractivity contribution < 1.29 is 17.5 Å². The van der Waals surface area contributed by atoms with Gasteiger partial charge >= 0.3 is 0 Å². The number of piperazine rings is 1. The maximum atomic E-state index is 15.2. The molecule has 2 aliphatic rings. The summed E-state index contributed by atoms with van der Waals surface area (Å²) in [6.07, 6.45) is 4.43. The molecule has 2 aromatic heterocycles. The molecule has 0 unspecified atom stereocenters. The van der Waals surface area contributed by atoms with Crippen molar-refractivity contribution in [3.63, 3.8) is 0 Å². The highest BCUT2D eigenvalue weighted by atomic mass is 32.2. The van der Waals surface area contributed by atoms with E-state index in [0.717, 1.165) is 37.4 Å². The van der Waals surface area contributed by atoms with E-state index in [0.29, 0.717) is 55.8 Å². The first-order valence-corrected chi connectivity index (χ1v) is 14.8. The van der Waals surface area contributed by atoms with Gasteiger partial charge in [-0.25, -0.2) is 12.8 Å². The number of aromatic nitrogens is 2. The van der Waals surface area contributed by atoms with Gasteiger partial charge in [0.15, 0.2) is 0 Å². The predicted molar refractivity (Wildman–Crippen MR) is 150 cm³/mol. The molecule has 0 atom stereocenters. The summed E-state index contributed by atoms with van der Waals surface area (Å²) in [5.74, 6) is -0.386. The van der Waals surface area contributed by atoms with E-state index in [1.807, 2.05) is 11.0 Å². The second-order valence-electron chi connectivity index (χ2n) is 10.2. The lowest BCUT2D eigenvalue weighted by Gasteiger charge is -2.36. The van der Waals surface area contributed by atoms with E-state index in [1.54, 1.807) is 36.5 Å².